The van der Waals surface area contributed by atoms with Gasteiger partial charge >= 0.3 is 5.97 Å². The molecule has 9 nitrogen and oxygen atoms in total. The van der Waals surface area contributed by atoms with Crippen molar-refractivity contribution in [3.8, 4) is 0 Å². The van der Waals surface area contributed by atoms with E-state index in [9.17, 15) is 20.0 Å². The van der Waals surface area contributed by atoms with Crippen molar-refractivity contribution in [3.05, 3.63) is 45.3 Å². The molecule has 0 spiro atoms. The summed E-state index contributed by atoms with van der Waals surface area (Å²) in [5.74, 6) is -1.02. The summed E-state index contributed by atoms with van der Waals surface area (Å²) in [4.78, 5) is 23.6. The van der Waals surface area contributed by atoms with Crippen LogP contribution in [0.4, 0.5) is 22.1 Å². The van der Waals surface area contributed by atoms with E-state index in [1.165, 1.54) is 30.3 Å². The summed E-state index contributed by atoms with van der Waals surface area (Å²) in [6.07, 6.45) is 0. The normalized spacial score (nSPS) is 14.8. The number of ether oxygens (including phenoxy) is 1. The van der Waals surface area contributed by atoms with Crippen LogP contribution in [-0.2, 0) is 4.74 Å². The largest absolute Gasteiger partial charge is 0.477 e. The molecule has 1 aromatic carbocycles. The summed E-state index contributed by atoms with van der Waals surface area (Å²) in [7, 11) is 0. The Hall–Kier alpha value is -2.85. The van der Waals surface area contributed by atoms with Crippen molar-refractivity contribution in [1.82, 2.24) is 0 Å². The lowest BCUT2D eigenvalue weighted by atomic mass is 10.3. The Morgan fingerprint density at radius 1 is 1.24 bits per heavy atom. The third-order valence-electron chi connectivity index (χ3n) is 3.54. The number of nitro benzene ring substituents is 1. The van der Waals surface area contributed by atoms with Gasteiger partial charge in [-0.25, -0.2) is 4.79 Å². The predicted molar refractivity (Wildman–Crippen MR) is 91.6 cm³/mol. The maximum absolute atomic E-state index is 11.3. The first-order chi connectivity index (χ1) is 12.0. The number of carboxylic acid groups (broad SMARTS) is 1. The highest BCUT2D eigenvalue weighted by Gasteiger charge is 2.21. The maximum atomic E-state index is 11.3. The van der Waals surface area contributed by atoms with Crippen molar-refractivity contribution in [2.24, 2.45) is 10.2 Å². The minimum Gasteiger partial charge on any atom is -0.477 e. The number of anilines is 1. The van der Waals surface area contributed by atoms with Gasteiger partial charge in [-0.1, -0.05) is 0 Å². The molecule has 0 unspecified atom stereocenters. The van der Waals surface area contributed by atoms with Gasteiger partial charge in [-0.15, -0.1) is 16.5 Å². The molecule has 0 aliphatic carbocycles. The molecule has 130 valence electrons. The van der Waals surface area contributed by atoms with Gasteiger partial charge in [0.25, 0.3) is 5.69 Å². The number of morpholine rings is 1. The van der Waals surface area contributed by atoms with Crippen LogP contribution < -0.4 is 4.90 Å². The Morgan fingerprint density at radius 2 is 1.92 bits per heavy atom. The van der Waals surface area contributed by atoms with Crippen molar-refractivity contribution < 1.29 is 19.6 Å². The zero-order valence-electron chi connectivity index (χ0n) is 13.0. The number of hydrogen-bond acceptors (Lipinski definition) is 8. The molecule has 2 heterocycles. The molecule has 3 rings (SSSR count). The smallest absolute Gasteiger partial charge is 0.346 e. The zero-order chi connectivity index (χ0) is 17.8. The van der Waals surface area contributed by atoms with Gasteiger partial charge in [0.05, 0.1) is 23.8 Å². The van der Waals surface area contributed by atoms with Crippen LogP contribution in [0.5, 0.6) is 0 Å². The van der Waals surface area contributed by atoms with Gasteiger partial charge in [0, 0.05) is 25.2 Å². The molecular formula is C15H14N4O5S. The SMILES string of the molecule is O=C(O)c1cc(N=Nc2ccc([N+](=O)[O-])cc2)c(N2CCOCC2)s1. The first-order valence-electron chi connectivity index (χ1n) is 7.40. The Kier molecular flexibility index (Phi) is 5.00. The van der Waals surface area contributed by atoms with E-state index in [1.54, 1.807) is 0 Å². The van der Waals surface area contributed by atoms with Gasteiger partial charge in [0.15, 0.2) is 0 Å². The molecule has 1 aliphatic heterocycles. The molecule has 1 fully saturated rings. The molecule has 0 saturated carbocycles. The van der Waals surface area contributed by atoms with Gasteiger partial charge in [0.1, 0.15) is 15.6 Å². The van der Waals surface area contributed by atoms with Gasteiger partial charge in [0.2, 0.25) is 0 Å². The van der Waals surface area contributed by atoms with Crippen LogP contribution in [0.3, 0.4) is 0 Å². The fourth-order valence-corrected chi connectivity index (χ4v) is 3.28. The fourth-order valence-electron chi connectivity index (χ4n) is 2.29. The quantitative estimate of drug-likeness (QED) is 0.493. The molecule has 10 heteroatoms. The van der Waals surface area contributed by atoms with Crippen LogP contribution in [-0.4, -0.2) is 42.3 Å². The van der Waals surface area contributed by atoms with E-state index in [-0.39, 0.29) is 10.6 Å². The minimum absolute atomic E-state index is 0.0309. The number of rotatable bonds is 5. The Balaban J connectivity index is 1.87. The molecule has 0 bridgehead atoms. The highest BCUT2D eigenvalue weighted by molar-refractivity contribution is 7.18. The third-order valence-corrected chi connectivity index (χ3v) is 4.71. The molecule has 1 aliphatic rings. The van der Waals surface area contributed by atoms with Crippen molar-refractivity contribution in [2.45, 2.75) is 0 Å². The van der Waals surface area contributed by atoms with E-state index < -0.39 is 10.9 Å². The second-order valence-corrected chi connectivity index (χ2v) is 6.21. The minimum atomic E-state index is -1.02. The molecule has 0 amide bonds. The van der Waals surface area contributed by atoms with E-state index in [0.717, 1.165) is 16.3 Å². The number of aromatic carboxylic acids is 1. The monoisotopic (exact) mass is 362 g/mol. The summed E-state index contributed by atoms with van der Waals surface area (Å²) in [6.45, 7) is 2.44. The number of nitro groups is 1. The number of carbonyl (C=O) groups is 1. The predicted octanol–water partition coefficient (Wildman–Crippen LogP) is 3.61. The van der Waals surface area contributed by atoms with Gasteiger partial charge in [-0.05, 0) is 18.2 Å². The Bertz CT molecular complexity index is 812. The van der Waals surface area contributed by atoms with Crippen molar-refractivity contribution in [1.29, 1.82) is 0 Å². The zero-order valence-corrected chi connectivity index (χ0v) is 13.8. The fraction of sp³-hybridized carbons (Fsp3) is 0.267. The number of benzene rings is 1. The van der Waals surface area contributed by atoms with E-state index in [0.29, 0.717) is 37.7 Å². The van der Waals surface area contributed by atoms with Gasteiger partial charge < -0.3 is 14.7 Å². The Labute approximate surface area is 146 Å². The number of hydrogen-bond donors (Lipinski definition) is 1. The van der Waals surface area contributed by atoms with Crippen LogP contribution in [0.2, 0.25) is 0 Å². The molecule has 0 radical (unpaired) electrons. The van der Waals surface area contributed by atoms with Gasteiger partial charge in [-0.3, -0.25) is 10.1 Å². The average molecular weight is 362 g/mol. The highest BCUT2D eigenvalue weighted by Crippen LogP contribution is 2.39. The number of nitrogens with zero attached hydrogens (tertiary/aromatic N) is 4. The van der Waals surface area contributed by atoms with E-state index in [2.05, 4.69) is 10.2 Å². The summed E-state index contributed by atoms with van der Waals surface area (Å²) < 4.78 is 5.31. The number of non-ortho nitro benzene ring substituents is 1. The lowest BCUT2D eigenvalue weighted by Crippen LogP contribution is -2.35. The molecule has 0 atom stereocenters. The topological polar surface area (TPSA) is 118 Å². The van der Waals surface area contributed by atoms with E-state index >= 15 is 0 Å². The molecule has 1 aromatic heterocycles. The number of azo groups is 1. The number of thiophene rings is 1. The molecular weight excluding hydrogens is 348 g/mol. The van der Waals surface area contributed by atoms with Crippen molar-refractivity contribution >= 4 is 39.4 Å². The lowest BCUT2D eigenvalue weighted by molar-refractivity contribution is -0.384. The average Bonchev–Trinajstić information content (AvgIpc) is 3.05. The first-order valence-corrected chi connectivity index (χ1v) is 8.22. The van der Waals surface area contributed by atoms with Crippen molar-refractivity contribution in [3.63, 3.8) is 0 Å². The van der Waals surface area contributed by atoms with Crippen molar-refractivity contribution in [2.75, 3.05) is 31.2 Å². The van der Waals surface area contributed by atoms with E-state index in [1.807, 2.05) is 4.90 Å². The standard InChI is InChI=1S/C15H14N4O5S/c20-15(21)13-9-12(14(25-13)18-5-7-24-8-6-18)17-16-10-1-3-11(4-2-10)19(22)23/h1-4,9H,5-8H2,(H,20,21). The second-order valence-electron chi connectivity index (χ2n) is 5.18. The summed E-state index contributed by atoms with van der Waals surface area (Å²) >= 11 is 1.14. The second kappa shape index (κ2) is 7.36. The van der Waals surface area contributed by atoms with Crippen LogP contribution in [0, 0.1) is 10.1 Å². The van der Waals surface area contributed by atoms with Gasteiger partial charge in [-0.2, -0.15) is 5.11 Å². The first kappa shape index (κ1) is 17.0. The molecule has 2 aromatic rings. The summed E-state index contributed by atoms with van der Waals surface area (Å²) in [5.41, 5.74) is 0.876. The summed E-state index contributed by atoms with van der Waals surface area (Å²) in [6, 6.07) is 7.13. The van der Waals surface area contributed by atoms with Crippen LogP contribution in [0.15, 0.2) is 40.6 Å². The van der Waals surface area contributed by atoms with Crippen LogP contribution in [0.1, 0.15) is 9.67 Å². The lowest BCUT2D eigenvalue weighted by Gasteiger charge is -2.27. The Morgan fingerprint density at radius 3 is 2.52 bits per heavy atom. The third kappa shape index (κ3) is 3.98. The maximum Gasteiger partial charge on any atom is 0.346 e. The molecule has 25 heavy (non-hydrogen) atoms. The van der Waals surface area contributed by atoms with E-state index in [4.69, 9.17) is 4.74 Å². The molecule has 1 N–H and O–H groups in total. The van der Waals surface area contributed by atoms with Crippen LogP contribution in [0.25, 0.3) is 0 Å². The number of carboxylic acids is 1. The molecule has 1 saturated heterocycles. The highest BCUT2D eigenvalue weighted by atomic mass is 32.1. The summed E-state index contributed by atoms with van der Waals surface area (Å²) in [5, 5.41) is 28.8. The van der Waals surface area contributed by atoms with Crippen LogP contribution >= 0.6 is 11.3 Å².